The molecule has 0 N–H and O–H groups in total. The summed E-state index contributed by atoms with van der Waals surface area (Å²) in [6, 6.07) is 9.39. The molecule has 1 fully saturated rings. The van der Waals surface area contributed by atoms with E-state index in [0.717, 1.165) is 17.9 Å². The summed E-state index contributed by atoms with van der Waals surface area (Å²) in [5, 5.41) is -0.0132. The van der Waals surface area contributed by atoms with E-state index in [1.165, 1.54) is 19.3 Å². The van der Waals surface area contributed by atoms with E-state index in [4.69, 9.17) is 16.3 Å². The molecule has 112 valence electrons. The van der Waals surface area contributed by atoms with Crippen LogP contribution in [-0.2, 0) is 0 Å². The molecule has 2 rings (SSSR count). The average Bonchev–Trinajstić information content (AvgIpc) is 2.44. The maximum atomic E-state index is 6.69. The molecule has 1 heterocycles. The number of hydrogen-bond acceptors (Lipinski definition) is 2. The first kappa shape index (κ1) is 15.7. The third-order valence-electron chi connectivity index (χ3n) is 4.30. The Morgan fingerprint density at radius 3 is 2.55 bits per heavy atom. The molecule has 0 saturated carbocycles. The van der Waals surface area contributed by atoms with Gasteiger partial charge in [0.1, 0.15) is 5.75 Å². The van der Waals surface area contributed by atoms with Gasteiger partial charge >= 0.3 is 0 Å². The lowest BCUT2D eigenvalue weighted by Gasteiger charge is -2.40. The average molecular weight is 296 g/mol. The predicted octanol–water partition coefficient (Wildman–Crippen LogP) is 4.63. The summed E-state index contributed by atoms with van der Waals surface area (Å²) < 4.78 is 5.70. The second kappa shape index (κ2) is 7.33. The smallest absolute Gasteiger partial charge is 0.124 e. The molecule has 0 aromatic heterocycles. The van der Waals surface area contributed by atoms with Crippen LogP contribution < -0.4 is 4.74 Å². The predicted molar refractivity (Wildman–Crippen MR) is 85.7 cm³/mol. The lowest BCUT2D eigenvalue weighted by atomic mass is 9.96. The first-order chi connectivity index (χ1) is 9.63. The highest BCUT2D eigenvalue weighted by molar-refractivity contribution is 6.21. The first-order valence-electron chi connectivity index (χ1n) is 7.75. The van der Waals surface area contributed by atoms with Crippen LogP contribution in [0.4, 0.5) is 0 Å². The van der Waals surface area contributed by atoms with Crippen LogP contribution in [0.5, 0.6) is 5.75 Å². The van der Waals surface area contributed by atoms with Crippen molar-refractivity contribution in [2.45, 2.75) is 57.5 Å². The van der Waals surface area contributed by atoms with Crippen LogP contribution in [-0.4, -0.2) is 30.1 Å². The molecule has 0 amide bonds. The van der Waals surface area contributed by atoms with Crippen LogP contribution >= 0.6 is 11.6 Å². The number of halogens is 1. The van der Waals surface area contributed by atoms with Crippen LogP contribution in [0, 0.1) is 0 Å². The van der Waals surface area contributed by atoms with Gasteiger partial charge in [-0.3, -0.25) is 4.90 Å². The third kappa shape index (κ3) is 3.67. The van der Waals surface area contributed by atoms with Gasteiger partial charge in [-0.2, -0.15) is 0 Å². The van der Waals surface area contributed by atoms with E-state index in [9.17, 15) is 0 Å². The zero-order chi connectivity index (χ0) is 14.5. The number of ether oxygens (including phenoxy) is 1. The molecular formula is C17H26ClNO. The van der Waals surface area contributed by atoms with Gasteiger partial charge < -0.3 is 4.74 Å². The number of para-hydroxylation sites is 1. The van der Waals surface area contributed by atoms with E-state index in [0.29, 0.717) is 18.7 Å². The maximum absolute atomic E-state index is 6.69. The van der Waals surface area contributed by atoms with E-state index in [1.54, 1.807) is 0 Å². The molecule has 1 aromatic rings. The van der Waals surface area contributed by atoms with Crippen molar-refractivity contribution in [1.29, 1.82) is 0 Å². The molecule has 3 atom stereocenters. The number of hydrogen-bond donors (Lipinski definition) is 0. The van der Waals surface area contributed by atoms with Crippen molar-refractivity contribution >= 4 is 11.6 Å². The van der Waals surface area contributed by atoms with E-state index in [2.05, 4.69) is 24.8 Å². The Kier molecular flexibility index (Phi) is 5.74. The van der Waals surface area contributed by atoms with Crippen molar-refractivity contribution in [3.05, 3.63) is 29.8 Å². The maximum Gasteiger partial charge on any atom is 0.124 e. The van der Waals surface area contributed by atoms with Crippen LogP contribution in [0.15, 0.2) is 24.3 Å². The highest BCUT2D eigenvalue weighted by Gasteiger charge is 2.27. The second-order valence-corrected chi connectivity index (χ2v) is 6.29. The van der Waals surface area contributed by atoms with Crippen LogP contribution in [0.3, 0.4) is 0 Å². The van der Waals surface area contributed by atoms with E-state index in [1.807, 2.05) is 25.1 Å². The van der Waals surface area contributed by atoms with E-state index >= 15 is 0 Å². The summed E-state index contributed by atoms with van der Waals surface area (Å²) in [5.41, 5.74) is 1.11. The van der Waals surface area contributed by atoms with Gasteiger partial charge in [0, 0.05) is 24.2 Å². The second-order valence-electron chi connectivity index (χ2n) is 5.76. The minimum Gasteiger partial charge on any atom is -0.494 e. The summed E-state index contributed by atoms with van der Waals surface area (Å²) in [7, 11) is 0. The van der Waals surface area contributed by atoms with Crippen molar-refractivity contribution < 1.29 is 4.74 Å². The van der Waals surface area contributed by atoms with Crippen molar-refractivity contribution in [3.8, 4) is 5.75 Å². The summed E-state index contributed by atoms with van der Waals surface area (Å²) in [6.45, 7) is 8.21. The fraction of sp³-hybridized carbons (Fsp3) is 0.647. The van der Waals surface area contributed by atoms with Crippen molar-refractivity contribution in [2.24, 2.45) is 0 Å². The quantitative estimate of drug-likeness (QED) is 0.735. The van der Waals surface area contributed by atoms with Crippen LogP contribution in [0.2, 0.25) is 0 Å². The summed E-state index contributed by atoms with van der Waals surface area (Å²) in [4.78, 5) is 2.55. The van der Waals surface area contributed by atoms with Crippen molar-refractivity contribution in [2.75, 3.05) is 13.2 Å². The zero-order valence-electron chi connectivity index (χ0n) is 12.8. The van der Waals surface area contributed by atoms with Crippen molar-refractivity contribution in [3.63, 3.8) is 0 Å². The summed E-state index contributed by atoms with van der Waals surface area (Å²) in [5.74, 6) is 0.923. The number of rotatable bonds is 5. The van der Waals surface area contributed by atoms with Gasteiger partial charge in [-0.1, -0.05) is 24.6 Å². The number of piperidine rings is 1. The first-order valence-corrected chi connectivity index (χ1v) is 8.18. The number of benzene rings is 1. The number of alkyl halides is 1. The lowest BCUT2D eigenvalue weighted by Crippen LogP contribution is -2.45. The molecule has 1 aliphatic rings. The fourth-order valence-electron chi connectivity index (χ4n) is 3.14. The highest BCUT2D eigenvalue weighted by atomic mass is 35.5. The molecular weight excluding hydrogens is 270 g/mol. The van der Waals surface area contributed by atoms with Gasteiger partial charge in [-0.05, 0) is 39.7 Å². The topological polar surface area (TPSA) is 12.5 Å². The zero-order valence-corrected chi connectivity index (χ0v) is 13.6. The Bertz CT molecular complexity index is 413. The summed E-state index contributed by atoms with van der Waals surface area (Å²) >= 11 is 6.69. The van der Waals surface area contributed by atoms with Gasteiger partial charge in [-0.25, -0.2) is 0 Å². The SMILES string of the molecule is CCOc1ccccc1C(Cl)CN1C(C)CCCC1C. The van der Waals surface area contributed by atoms with Gasteiger partial charge in [0.2, 0.25) is 0 Å². The number of nitrogens with zero attached hydrogens (tertiary/aromatic N) is 1. The Labute approximate surface area is 128 Å². The van der Waals surface area contributed by atoms with Gasteiger partial charge in [0.05, 0.1) is 12.0 Å². The highest BCUT2D eigenvalue weighted by Crippen LogP contribution is 2.33. The number of likely N-dealkylation sites (tertiary alicyclic amines) is 1. The molecule has 20 heavy (non-hydrogen) atoms. The lowest BCUT2D eigenvalue weighted by molar-refractivity contribution is 0.103. The Hall–Kier alpha value is -0.730. The molecule has 1 aliphatic heterocycles. The monoisotopic (exact) mass is 295 g/mol. The Morgan fingerprint density at radius 2 is 1.90 bits per heavy atom. The minimum atomic E-state index is -0.0132. The van der Waals surface area contributed by atoms with Gasteiger partial charge in [-0.15, -0.1) is 11.6 Å². The molecule has 1 saturated heterocycles. The molecule has 0 aliphatic carbocycles. The molecule has 3 unspecified atom stereocenters. The van der Waals surface area contributed by atoms with E-state index < -0.39 is 0 Å². The molecule has 2 nitrogen and oxygen atoms in total. The van der Waals surface area contributed by atoms with Crippen LogP contribution in [0.25, 0.3) is 0 Å². The molecule has 3 heteroatoms. The molecule has 0 bridgehead atoms. The largest absolute Gasteiger partial charge is 0.494 e. The Morgan fingerprint density at radius 1 is 1.25 bits per heavy atom. The fourth-order valence-corrected chi connectivity index (χ4v) is 3.48. The van der Waals surface area contributed by atoms with Gasteiger partial charge in [0.15, 0.2) is 0 Å². The molecule has 0 radical (unpaired) electrons. The molecule has 1 aromatic carbocycles. The normalized spacial score (nSPS) is 25.4. The standard InChI is InChI=1S/C17H26ClNO/c1-4-20-17-11-6-5-10-15(17)16(18)12-19-13(2)8-7-9-14(19)3/h5-6,10-11,13-14,16H,4,7-9,12H2,1-3H3. The van der Waals surface area contributed by atoms with Crippen molar-refractivity contribution in [1.82, 2.24) is 4.90 Å². The van der Waals surface area contributed by atoms with Crippen LogP contribution in [0.1, 0.15) is 51.0 Å². The Balaban J connectivity index is 2.09. The van der Waals surface area contributed by atoms with E-state index in [-0.39, 0.29) is 5.38 Å². The molecule has 0 spiro atoms. The summed E-state index contributed by atoms with van der Waals surface area (Å²) in [6.07, 6.45) is 3.89. The minimum absolute atomic E-state index is 0.0132. The van der Waals surface area contributed by atoms with Gasteiger partial charge in [0.25, 0.3) is 0 Å². The third-order valence-corrected chi connectivity index (χ3v) is 4.68.